The van der Waals surface area contributed by atoms with Gasteiger partial charge in [-0.3, -0.25) is 9.69 Å². The largest absolute Gasteiger partial charge is 0.468 e. The number of nitrogens with zero attached hydrogens (tertiary/aromatic N) is 2. The summed E-state index contributed by atoms with van der Waals surface area (Å²) >= 11 is 0. The molecule has 3 aromatic rings. The van der Waals surface area contributed by atoms with Crippen molar-refractivity contribution in [2.24, 2.45) is 0 Å². The van der Waals surface area contributed by atoms with Crippen LogP contribution in [0.4, 0.5) is 5.69 Å². The molecule has 3 rings (SSSR count). The highest BCUT2D eigenvalue weighted by molar-refractivity contribution is 6.04. The smallest absolute Gasteiger partial charge is 0.255 e. The topological polar surface area (TPSA) is 71.5 Å². The average molecular weight is 353 g/mol. The normalized spacial score (nSPS) is 12.3. The summed E-state index contributed by atoms with van der Waals surface area (Å²) in [5.74, 6) is 1.34. The Bertz CT molecular complexity index is 864. The fraction of sp³-hybridized carbons (Fsp3) is 0.300. The van der Waals surface area contributed by atoms with Crippen LogP contribution in [-0.4, -0.2) is 23.0 Å². The van der Waals surface area contributed by atoms with Crippen LogP contribution in [0.5, 0.6) is 0 Å². The second-order valence-electron chi connectivity index (χ2n) is 6.46. The zero-order chi connectivity index (χ0) is 18.7. The van der Waals surface area contributed by atoms with E-state index in [1.54, 1.807) is 26.2 Å². The minimum Gasteiger partial charge on any atom is -0.468 e. The molecule has 1 atom stereocenters. The molecule has 1 aromatic carbocycles. The average Bonchev–Trinajstić information content (AvgIpc) is 3.27. The fourth-order valence-corrected chi connectivity index (χ4v) is 2.83. The first-order valence-corrected chi connectivity index (χ1v) is 8.52. The maximum atomic E-state index is 12.6. The zero-order valence-corrected chi connectivity index (χ0v) is 15.4. The van der Waals surface area contributed by atoms with Crippen LogP contribution in [0, 0.1) is 13.8 Å². The van der Waals surface area contributed by atoms with Crippen molar-refractivity contribution < 1.29 is 13.7 Å². The summed E-state index contributed by atoms with van der Waals surface area (Å²) in [4.78, 5) is 14.7. The van der Waals surface area contributed by atoms with E-state index in [1.165, 1.54) is 0 Å². The van der Waals surface area contributed by atoms with Crippen molar-refractivity contribution in [3.8, 4) is 0 Å². The van der Waals surface area contributed by atoms with Gasteiger partial charge in [-0.05, 0) is 57.6 Å². The molecule has 0 aliphatic heterocycles. The predicted octanol–water partition coefficient (Wildman–Crippen LogP) is 4.33. The number of hydrogen-bond acceptors (Lipinski definition) is 5. The molecule has 0 spiro atoms. The maximum Gasteiger partial charge on any atom is 0.255 e. The lowest BCUT2D eigenvalue weighted by Gasteiger charge is -2.23. The van der Waals surface area contributed by atoms with Gasteiger partial charge in [0.1, 0.15) is 17.1 Å². The van der Waals surface area contributed by atoms with E-state index in [2.05, 4.69) is 22.3 Å². The highest BCUT2D eigenvalue weighted by Crippen LogP contribution is 2.22. The Labute approximate surface area is 152 Å². The van der Waals surface area contributed by atoms with E-state index in [0.717, 1.165) is 11.3 Å². The molecule has 0 aliphatic carbocycles. The quantitative estimate of drug-likeness (QED) is 0.714. The highest BCUT2D eigenvalue weighted by atomic mass is 16.5. The highest BCUT2D eigenvalue weighted by Gasteiger charge is 2.16. The molecule has 2 heterocycles. The van der Waals surface area contributed by atoms with Gasteiger partial charge in [-0.25, -0.2) is 0 Å². The number of aromatic nitrogens is 1. The summed E-state index contributed by atoms with van der Waals surface area (Å²) in [7, 11) is 2.03. The molecule has 0 bridgehead atoms. The summed E-state index contributed by atoms with van der Waals surface area (Å²) in [6, 6.07) is 11.6. The molecule has 0 aliphatic rings. The van der Waals surface area contributed by atoms with Gasteiger partial charge in [0, 0.05) is 12.1 Å². The van der Waals surface area contributed by atoms with E-state index < -0.39 is 0 Å². The number of hydrogen-bond donors (Lipinski definition) is 1. The van der Waals surface area contributed by atoms with Crippen molar-refractivity contribution in [3.63, 3.8) is 0 Å². The van der Waals surface area contributed by atoms with Gasteiger partial charge < -0.3 is 14.3 Å². The molecule has 1 N–H and O–H groups in total. The molecule has 0 unspecified atom stereocenters. The van der Waals surface area contributed by atoms with Crippen molar-refractivity contribution in [2.75, 3.05) is 12.4 Å². The lowest BCUT2D eigenvalue weighted by molar-refractivity contribution is 0.102. The summed E-state index contributed by atoms with van der Waals surface area (Å²) in [6.07, 6.45) is 1.68. The minimum absolute atomic E-state index is 0.143. The molecular weight excluding hydrogens is 330 g/mol. The number of aryl methyl sites for hydroxylation is 2. The van der Waals surface area contributed by atoms with Crippen LogP contribution < -0.4 is 5.32 Å². The third-order valence-electron chi connectivity index (χ3n) is 4.51. The maximum absolute atomic E-state index is 12.6. The number of rotatable bonds is 6. The van der Waals surface area contributed by atoms with E-state index in [0.29, 0.717) is 29.2 Å². The van der Waals surface area contributed by atoms with Crippen molar-refractivity contribution in [2.45, 2.75) is 33.4 Å². The summed E-state index contributed by atoms with van der Waals surface area (Å²) in [6.45, 7) is 6.37. The lowest BCUT2D eigenvalue weighted by Crippen LogP contribution is -2.22. The van der Waals surface area contributed by atoms with Gasteiger partial charge >= 0.3 is 0 Å². The summed E-state index contributed by atoms with van der Waals surface area (Å²) < 4.78 is 10.6. The van der Waals surface area contributed by atoms with Gasteiger partial charge in [-0.1, -0.05) is 17.3 Å². The molecule has 2 aromatic heterocycles. The Morgan fingerprint density at radius 1 is 1.27 bits per heavy atom. The second-order valence-corrected chi connectivity index (χ2v) is 6.46. The van der Waals surface area contributed by atoms with Gasteiger partial charge in [0.25, 0.3) is 5.91 Å². The Kier molecular flexibility index (Phi) is 5.23. The van der Waals surface area contributed by atoms with E-state index >= 15 is 0 Å². The molecule has 136 valence electrons. The van der Waals surface area contributed by atoms with Crippen molar-refractivity contribution in [3.05, 3.63) is 71.0 Å². The number of amides is 1. The Morgan fingerprint density at radius 2 is 2.08 bits per heavy atom. The Hall–Kier alpha value is -2.86. The first kappa shape index (κ1) is 17.9. The van der Waals surface area contributed by atoms with Gasteiger partial charge in [0.2, 0.25) is 0 Å². The Balaban J connectivity index is 1.70. The first-order valence-electron chi connectivity index (χ1n) is 8.52. The number of nitrogens with one attached hydrogen (secondary N) is 1. The van der Waals surface area contributed by atoms with Crippen LogP contribution in [0.25, 0.3) is 0 Å². The van der Waals surface area contributed by atoms with E-state index in [4.69, 9.17) is 8.94 Å². The second kappa shape index (κ2) is 7.58. The van der Waals surface area contributed by atoms with Crippen LogP contribution in [0.2, 0.25) is 0 Å². The van der Waals surface area contributed by atoms with Crippen LogP contribution >= 0.6 is 0 Å². The third kappa shape index (κ3) is 3.86. The minimum atomic E-state index is -0.178. The van der Waals surface area contributed by atoms with Gasteiger partial charge in [0.05, 0.1) is 12.3 Å². The Morgan fingerprint density at radius 3 is 2.73 bits per heavy atom. The first-order chi connectivity index (χ1) is 12.5. The molecule has 26 heavy (non-hydrogen) atoms. The zero-order valence-electron chi connectivity index (χ0n) is 15.4. The van der Waals surface area contributed by atoms with E-state index in [-0.39, 0.29) is 11.9 Å². The van der Waals surface area contributed by atoms with Crippen LogP contribution in [-0.2, 0) is 6.54 Å². The molecular formula is C20H23N3O3. The molecule has 0 radical (unpaired) electrons. The van der Waals surface area contributed by atoms with E-state index in [1.807, 2.05) is 37.4 Å². The standard InChI is InChI=1S/C20H23N3O3/c1-13-19(15(3)26-22-13)21-20(24)17-8-5-7-16(11-17)12-23(4)14(2)18-9-6-10-25-18/h5-11,14H,12H2,1-4H3,(H,21,24)/t14-/m0/s1. The van der Waals surface area contributed by atoms with Gasteiger partial charge in [0.15, 0.2) is 5.76 Å². The SMILES string of the molecule is Cc1noc(C)c1NC(=O)c1cccc(CN(C)[C@@H](C)c2ccco2)c1. The van der Waals surface area contributed by atoms with E-state index in [9.17, 15) is 4.79 Å². The molecule has 6 heteroatoms. The third-order valence-corrected chi connectivity index (χ3v) is 4.51. The van der Waals surface area contributed by atoms with Crippen molar-refractivity contribution >= 4 is 11.6 Å². The van der Waals surface area contributed by atoms with Gasteiger partial charge in [-0.15, -0.1) is 0 Å². The van der Waals surface area contributed by atoms with Crippen LogP contribution in [0.15, 0.2) is 51.6 Å². The van der Waals surface area contributed by atoms with Crippen molar-refractivity contribution in [1.29, 1.82) is 0 Å². The van der Waals surface area contributed by atoms with Crippen molar-refractivity contribution in [1.82, 2.24) is 10.1 Å². The number of carbonyl (C=O) groups is 1. The predicted molar refractivity (Wildman–Crippen MR) is 99.0 cm³/mol. The number of carbonyl (C=O) groups excluding carboxylic acids is 1. The molecule has 0 fully saturated rings. The van der Waals surface area contributed by atoms with Crippen LogP contribution in [0.3, 0.4) is 0 Å². The molecule has 6 nitrogen and oxygen atoms in total. The summed E-state index contributed by atoms with van der Waals surface area (Å²) in [5, 5.41) is 6.73. The van der Waals surface area contributed by atoms with Gasteiger partial charge in [-0.2, -0.15) is 0 Å². The fourth-order valence-electron chi connectivity index (χ4n) is 2.83. The number of furan rings is 1. The molecule has 0 saturated carbocycles. The summed E-state index contributed by atoms with van der Waals surface area (Å²) in [5.41, 5.74) is 2.95. The number of benzene rings is 1. The van der Waals surface area contributed by atoms with Crippen LogP contribution in [0.1, 0.15) is 46.1 Å². The monoisotopic (exact) mass is 353 g/mol. The number of anilines is 1. The lowest BCUT2D eigenvalue weighted by atomic mass is 10.1. The molecule has 1 amide bonds. The molecule has 0 saturated heterocycles.